The summed E-state index contributed by atoms with van der Waals surface area (Å²) in [4.78, 5) is 27.2. The normalized spacial score (nSPS) is 14.5. The molecule has 1 heterocycles. The van der Waals surface area contributed by atoms with E-state index in [-0.39, 0.29) is 18.4 Å². The lowest BCUT2D eigenvalue weighted by Crippen LogP contribution is -2.27. The monoisotopic (exact) mass is 542 g/mol. The van der Waals surface area contributed by atoms with E-state index in [0.717, 1.165) is 22.4 Å². The Morgan fingerprint density at radius 1 is 1.06 bits per heavy atom. The number of carbonyl (C=O) groups is 2. The molecule has 0 atom stereocenters. The van der Waals surface area contributed by atoms with Crippen molar-refractivity contribution in [1.29, 1.82) is 0 Å². The Balaban J connectivity index is 1.43. The van der Waals surface area contributed by atoms with Crippen LogP contribution in [-0.2, 0) is 9.59 Å². The molecule has 3 aromatic rings. The van der Waals surface area contributed by atoms with E-state index in [0.29, 0.717) is 30.7 Å². The maximum absolute atomic E-state index is 13.0. The van der Waals surface area contributed by atoms with Crippen molar-refractivity contribution in [2.24, 2.45) is 0 Å². The topological polar surface area (TPSA) is 58.6 Å². The average Bonchev–Trinajstić information content (AvgIpc) is 3.06. The minimum Gasteiger partial charge on any atom is -0.484 e. The van der Waals surface area contributed by atoms with Crippen LogP contribution in [0.15, 0.2) is 65.6 Å². The number of hydrogen-bond donors (Lipinski definition) is 1. The van der Waals surface area contributed by atoms with E-state index in [2.05, 4.69) is 5.32 Å². The van der Waals surface area contributed by atoms with Crippen LogP contribution in [0, 0.1) is 13.8 Å². The first-order valence-corrected chi connectivity index (χ1v) is 12.5. The van der Waals surface area contributed by atoms with Gasteiger partial charge < -0.3 is 10.1 Å². The Hall–Kier alpha value is -2.84. The quantitative estimate of drug-likeness (QED) is 0.267. The molecule has 0 saturated carbocycles. The van der Waals surface area contributed by atoms with Crippen molar-refractivity contribution in [3.05, 3.63) is 92.3 Å². The number of benzene rings is 3. The van der Waals surface area contributed by atoms with Crippen LogP contribution in [0.25, 0.3) is 6.08 Å². The number of rotatable bonds is 6. The first-order chi connectivity index (χ1) is 16.7. The lowest BCUT2D eigenvalue weighted by atomic mass is 10.1. The van der Waals surface area contributed by atoms with E-state index in [4.69, 9.17) is 40.2 Å². The third-order valence-electron chi connectivity index (χ3n) is 4.99. The van der Waals surface area contributed by atoms with E-state index in [9.17, 15) is 9.59 Å². The summed E-state index contributed by atoms with van der Waals surface area (Å²) >= 11 is 18.7. The van der Waals surface area contributed by atoms with E-state index < -0.39 is 0 Å². The van der Waals surface area contributed by atoms with Gasteiger partial charge in [-0.25, -0.2) is 0 Å². The fourth-order valence-corrected chi connectivity index (χ4v) is 5.14. The van der Waals surface area contributed by atoms with Gasteiger partial charge in [-0.3, -0.25) is 14.5 Å². The molecule has 0 aliphatic carbocycles. The molecule has 4 rings (SSSR count). The van der Waals surface area contributed by atoms with Gasteiger partial charge in [-0.05, 0) is 79.1 Å². The summed E-state index contributed by atoms with van der Waals surface area (Å²) < 4.78 is 6.07. The molecule has 1 saturated heterocycles. The van der Waals surface area contributed by atoms with E-state index in [1.54, 1.807) is 42.5 Å². The third kappa shape index (κ3) is 6.24. The standard InChI is InChI=1S/C26H20Cl2N2O3S2/c1-15-8-16(2)10-18(9-15)29-24(31)14-33-20-5-3-4-17(11-20)12-23-25(32)30(26(34)35-23)19-6-7-21(27)22(28)13-19/h3-13H,14H2,1-2H3,(H,29,31)/b23-12-. The highest BCUT2D eigenvalue weighted by Gasteiger charge is 2.33. The molecule has 2 amide bonds. The summed E-state index contributed by atoms with van der Waals surface area (Å²) in [6.45, 7) is 3.81. The van der Waals surface area contributed by atoms with Crippen LogP contribution in [0.2, 0.25) is 10.0 Å². The fraction of sp³-hybridized carbons (Fsp3) is 0.115. The molecule has 35 heavy (non-hydrogen) atoms. The van der Waals surface area contributed by atoms with Crippen LogP contribution in [0.4, 0.5) is 11.4 Å². The molecule has 5 nitrogen and oxygen atoms in total. The van der Waals surface area contributed by atoms with Crippen molar-refractivity contribution in [3.63, 3.8) is 0 Å². The Bertz CT molecular complexity index is 1350. The fourth-order valence-electron chi connectivity index (χ4n) is 3.55. The van der Waals surface area contributed by atoms with Gasteiger partial charge in [-0.1, -0.05) is 65.4 Å². The molecule has 9 heteroatoms. The number of halogens is 2. The molecular weight excluding hydrogens is 523 g/mol. The van der Waals surface area contributed by atoms with E-state index >= 15 is 0 Å². The second kappa shape index (κ2) is 10.8. The van der Waals surface area contributed by atoms with Crippen molar-refractivity contribution in [2.75, 3.05) is 16.8 Å². The lowest BCUT2D eigenvalue weighted by Gasteiger charge is -2.15. The Morgan fingerprint density at radius 2 is 1.80 bits per heavy atom. The summed E-state index contributed by atoms with van der Waals surface area (Å²) in [5.74, 6) is -0.00489. The molecule has 3 aromatic carbocycles. The zero-order valence-corrected chi connectivity index (χ0v) is 21.9. The van der Waals surface area contributed by atoms with Crippen molar-refractivity contribution < 1.29 is 14.3 Å². The number of thiocarbonyl (C=S) groups is 1. The van der Waals surface area contributed by atoms with Crippen LogP contribution in [0.3, 0.4) is 0 Å². The van der Waals surface area contributed by atoms with Crippen LogP contribution in [-0.4, -0.2) is 22.7 Å². The number of thioether (sulfide) groups is 1. The van der Waals surface area contributed by atoms with Crippen LogP contribution >= 0.6 is 47.2 Å². The highest BCUT2D eigenvalue weighted by Crippen LogP contribution is 2.38. The predicted octanol–water partition coefficient (Wildman–Crippen LogP) is 7.03. The molecular formula is C26H20Cl2N2O3S2. The molecule has 0 spiro atoms. The van der Waals surface area contributed by atoms with Crippen molar-refractivity contribution >= 4 is 80.8 Å². The summed E-state index contributed by atoms with van der Waals surface area (Å²) in [6.07, 6.45) is 1.74. The lowest BCUT2D eigenvalue weighted by molar-refractivity contribution is -0.118. The van der Waals surface area contributed by atoms with Gasteiger partial charge in [0.15, 0.2) is 10.9 Å². The smallest absolute Gasteiger partial charge is 0.270 e. The zero-order valence-electron chi connectivity index (χ0n) is 18.8. The van der Waals surface area contributed by atoms with Crippen molar-refractivity contribution in [3.8, 4) is 5.75 Å². The number of nitrogens with one attached hydrogen (secondary N) is 1. The van der Waals surface area contributed by atoms with E-state index in [1.165, 1.54) is 16.7 Å². The van der Waals surface area contributed by atoms with Gasteiger partial charge in [0.05, 0.1) is 20.6 Å². The molecule has 1 aliphatic heterocycles. The van der Waals surface area contributed by atoms with Crippen LogP contribution in [0.1, 0.15) is 16.7 Å². The minimum atomic E-state index is -0.261. The largest absolute Gasteiger partial charge is 0.484 e. The van der Waals surface area contributed by atoms with Gasteiger partial charge in [0.2, 0.25) is 0 Å². The van der Waals surface area contributed by atoms with Crippen molar-refractivity contribution in [1.82, 2.24) is 0 Å². The molecule has 0 radical (unpaired) electrons. The molecule has 0 bridgehead atoms. The number of carbonyl (C=O) groups excluding carboxylic acids is 2. The molecule has 0 aromatic heterocycles. The number of aryl methyl sites for hydroxylation is 2. The SMILES string of the molecule is Cc1cc(C)cc(NC(=O)COc2cccc(/C=C3\SC(=S)N(c4ccc(Cl)c(Cl)c4)C3=O)c2)c1. The summed E-state index contributed by atoms with van der Waals surface area (Å²) in [5.41, 5.74) is 4.16. The molecule has 1 fully saturated rings. The maximum atomic E-state index is 13.0. The summed E-state index contributed by atoms with van der Waals surface area (Å²) in [5, 5.41) is 3.58. The second-order valence-electron chi connectivity index (χ2n) is 7.90. The van der Waals surface area contributed by atoms with Gasteiger partial charge in [0, 0.05) is 5.69 Å². The van der Waals surface area contributed by atoms with Crippen LogP contribution in [0.5, 0.6) is 5.75 Å². The Kier molecular flexibility index (Phi) is 7.82. The summed E-state index contributed by atoms with van der Waals surface area (Å²) in [6, 6.07) is 17.9. The average molecular weight is 543 g/mol. The number of nitrogens with zero attached hydrogens (tertiary/aromatic N) is 1. The van der Waals surface area contributed by atoms with Gasteiger partial charge in [-0.2, -0.15) is 0 Å². The number of amides is 2. The first-order valence-electron chi connectivity index (χ1n) is 10.5. The van der Waals surface area contributed by atoms with Gasteiger partial charge in [0.25, 0.3) is 11.8 Å². The Labute approximate surface area is 223 Å². The highest BCUT2D eigenvalue weighted by atomic mass is 35.5. The molecule has 178 valence electrons. The predicted molar refractivity (Wildman–Crippen MR) is 149 cm³/mol. The third-order valence-corrected chi connectivity index (χ3v) is 7.03. The molecule has 1 aliphatic rings. The molecule has 0 unspecified atom stereocenters. The van der Waals surface area contributed by atoms with Crippen molar-refractivity contribution in [2.45, 2.75) is 13.8 Å². The van der Waals surface area contributed by atoms with Gasteiger partial charge in [-0.15, -0.1) is 0 Å². The van der Waals surface area contributed by atoms with E-state index in [1.807, 2.05) is 38.1 Å². The van der Waals surface area contributed by atoms with Gasteiger partial charge in [0.1, 0.15) is 5.75 Å². The minimum absolute atomic E-state index is 0.143. The number of ether oxygens (including phenoxy) is 1. The zero-order chi connectivity index (χ0) is 25.1. The first kappa shape index (κ1) is 25.3. The number of anilines is 2. The van der Waals surface area contributed by atoms with Gasteiger partial charge >= 0.3 is 0 Å². The number of hydrogen-bond acceptors (Lipinski definition) is 5. The van der Waals surface area contributed by atoms with Crippen LogP contribution < -0.4 is 15.0 Å². The summed E-state index contributed by atoms with van der Waals surface area (Å²) in [7, 11) is 0. The second-order valence-corrected chi connectivity index (χ2v) is 10.4. The molecule has 1 N–H and O–H groups in total. The maximum Gasteiger partial charge on any atom is 0.270 e. The highest BCUT2D eigenvalue weighted by molar-refractivity contribution is 8.27. The Morgan fingerprint density at radius 3 is 2.51 bits per heavy atom.